The fraction of sp³-hybridized carbons (Fsp3) is 0.500. The van der Waals surface area contributed by atoms with Crippen LogP contribution in [0.1, 0.15) is 31.2 Å². The average molecular weight is 308 g/mol. The first kappa shape index (κ1) is 16.0. The number of hydrogen-bond acceptors (Lipinski definition) is 4. The van der Waals surface area contributed by atoms with Crippen molar-refractivity contribution in [1.29, 1.82) is 0 Å². The van der Waals surface area contributed by atoms with Gasteiger partial charge in [-0.2, -0.15) is 0 Å². The van der Waals surface area contributed by atoms with Gasteiger partial charge in [0.15, 0.2) is 5.17 Å². The zero-order valence-electron chi connectivity index (χ0n) is 12.2. The van der Waals surface area contributed by atoms with Gasteiger partial charge >= 0.3 is 0 Å². The summed E-state index contributed by atoms with van der Waals surface area (Å²) in [5.74, 6) is 0. The van der Waals surface area contributed by atoms with E-state index in [9.17, 15) is 0 Å². The average Bonchev–Trinajstić information content (AvgIpc) is 2.54. The van der Waals surface area contributed by atoms with Crippen molar-refractivity contribution in [3.05, 3.63) is 36.2 Å². The number of likely N-dealkylation sites (tertiary alicyclic amines) is 1. The number of halogens is 1. The molecular formula is C16H22ClN3O. The largest absolute Gasteiger partial charge is 0.395 e. The number of oxime groups is 1. The van der Waals surface area contributed by atoms with Gasteiger partial charge in [-0.1, -0.05) is 35.3 Å². The molecule has 0 aliphatic carbocycles. The lowest BCUT2D eigenvalue weighted by Gasteiger charge is -2.25. The van der Waals surface area contributed by atoms with Gasteiger partial charge in [0.25, 0.3) is 0 Å². The molecule has 1 aliphatic rings. The highest BCUT2D eigenvalue weighted by Crippen LogP contribution is 2.08. The summed E-state index contributed by atoms with van der Waals surface area (Å²) < 4.78 is 0. The van der Waals surface area contributed by atoms with Crippen LogP contribution in [0.15, 0.2) is 35.8 Å². The molecule has 0 aromatic carbocycles. The molecule has 0 atom stereocenters. The molecule has 4 nitrogen and oxygen atoms in total. The molecule has 0 amide bonds. The molecule has 1 fully saturated rings. The van der Waals surface area contributed by atoms with E-state index in [4.69, 9.17) is 16.4 Å². The van der Waals surface area contributed by atoms with Crippen LogP contribution in [0, 0.1) is 0 Å². The molecule has 0 spiro atoms. The Morgan fingerprint density at radius 1 is 1.38 bits per heavy atom. The fourth-order valence-corrected chi connectivity index (χ4v) is 2.42. The number of piperidine rings is 1. The summed E-state index contributed by atoms with van der Waals surface area (Å²) in [6, 6.07) is 3.83. The van der Waals surface area contributed by atoms with E-state index in [1.165, 1.54) is 32.4 Å². The van der Waals surface area contributed by atoms with Gasteiger partial charge in [0, 0.05) is 18.9 Å². The molecule has 21 heavy (non-hydrogen) atoms. The van der Waals surface area contributed by atoms with Crippen LogP contribution in [-0.4, -0.2) is 41.3 Å². The third kappa shape index (κ3) is 6.74. The van der Waals surface area contributed by atoms with Gasteiger partial charge in [-0.25, -0.2) is 0 Å². The quantitative estimate of drug-likeness (QED) is 0.439. The Hall–Kier alpha value is -1.39. The molecule has 1 aromatic heterocycles. The van der Waals surface area contributed by atoms with E-state index in [0.717, 1.165) is 18.5 Å². The Kier molecular flexibility index (Phi) is 7.25. The lowest BCUT2D eigenvalue weighted by atomic mass is 10.1. The molecule has 114 valence electrons. The molecular weight excluding hydrogens is 286 g/mol. The molecule has 2 heterocycles. The van der Waals surface area contributed by atoms with E-state index in [0.29, 0.717) is 11.8 Å². The Balaban J connectivity index is 1.61. The van der Waals surface area contributed by atoms with Crippen molar-refractivity contribution in [2.24, 2.45) is 5.16 Å². The fourth-order valence-electron chi connectivity index (χ4n) is 2.31. The lowest BCUT2D eigenvalue weighted by molar-refractivity contribution is 0.125. The topological polar surface area (TPSA) is 37.7 Å². The maximum atomic E-state index is 5.97. The van der Waals surface area contributed by atoms with Crippen LogP contribution in [0.25, 0.3) is 6.08 Å². The molecule has 2 rings (SSSR count). The van der Waals surface area contributed by atoms with Gasteiger partial charge in [0.1, 0.15) is 6.61 Å². The highest BCUT2D eigenvalue weighted by molar-refractivity contribution is 6.68. The van der Waals surface area contributed by atoms with Gasteiger partial charge in [-0.05, 0) is 50.1 Å². The first-order valence-electron chi connectivity index (χ1n) is 7.50. The summed E-state index contributed by atoms with van der Waals surface area (Å²) in [6.45, 7) is 4.13. The predicted molar refractivity (Wildman–Crippen MR) is 87.4 cm³/mol. The monoisotopic (exact) mass is 307 g/mol. The second-order valence-corrected chi connectivity index (χ2v) is 5.51. The van der Waals surface area contributed by atoms with Crippen molar-refractivity contribution < 1.29 is 4.84 Å². The lowest BCUT2D eigenvalue weighted by Crippen LogP contribution is -2.31. The molecule has 1 saturated heterocycles. The first-order valence-corrected chi connectivity index (χ1v) is 7.88. The van der Waals surface area contributed by atoms with Gasteiger partial charge in [-0.3, -0.25) is 4.98 Å². The molecule has 0 saturated carbocycles. The molecule has 0 radical (unpaired) electrons. The Labute approximate surface area is 131 Å². The van der Waals surface area contributed by atoms with E-state index < -0.39 is 0 Å². The summed E-state index contributed by atoms with van der Waals surface area (Å²) in [6.07, 6.45) is 12.1. The maximum absolute atomic E-state index is 5.97. The van der Waals surface area contributed by atoms with Crippen molar-refractivity contribution in [3.63, 3.8) is 0 Å². The highest BCUT2D eigenvalue weighted by Gasteiger charge is 2.08. The van der Waals surface area contributed by atoms with Crippen LogP contribution in [0.4, 0.5) is 0 Å². The summed E-state index contributed by atoms with van der Waals surface area (Å²) in [4.78, 5) is 11.7. The second-order valence-electron chi connectivity index (χ2n) is 5.12. The highest BCUT2D eigenvalue weighted by atomic mass is 35.5. The first-order chi connectivity index (χ1) is 10.3. The molecule has 1 aromatic rings. The molecule has 5 heteroatoms. The molecule has 0 N–H and O–H groups in total. The SMILES string of the molecule is ClC(C=Cc1cccnc1)=NOCCCN1CCCCC1. The Morgan fingerprint density at radius 3 is 3.00 bits per heavy atom. The predicted octanol–water partition coefficient (Wildman–Crippen LogP) is 3.54. The van der Waals surface area contributed by atoms with E-state index in [1.807, 2.05) is 18.2 Å². The zero-order chi connectivity index (χ0) is 14.8. The summed E-state index contributed by atoms with van der Waals surface area (Å²) >= 11 is 5.97. The number of pyridine rings is 1. The normalized spacial score (nSPS) is 17.3. The van der Waals surface area contributed by atoms with Gasteiger partial charge < -0.3 is 9.74 Å². The van der Waals surface area contributed by atoms with Crippen LogP contribution in [0.5, 0.6) is 0 Å². The summed E-state index contributed by atoms with van der Waals surface area (Å²) in [7, 11) is 0. The van der Waals surface area contributed by atoms with Gasteiger partial charge in [0.05, 0.1) is 0 Å². The smallest absolute Gasteiger partial charge is 0.168 e. The minimum atomic E-state index is 0.344. The number of aromatic nitrogens is 1. The van der Waals surface area contributed by atoms with Crippen LogP contribution in [0.2, 0.25) is 0 Å². The minimum absolute atomic E-state index is 0.344. The number of hydrogen-bond donors (Lipinski definition) is 0. The van der Waals surface area contributed by atoms with Crippen LogP contribution in [-0.2, 0) is 4.84 Å². The van der Waals surface area contributed by atoms with Crippen molar-refractivity contribution in [3.8, 4) is 0 Å². The van der Waals surface area contributed by atoms with Crippen molar-refractivity contribution in [2.75, 3.05) is 26.2 Å². The van der Waals surface area contributed by atoms with Crippen LogP contribution >= 0.6 is 11.6 Å². The second kappa shape index (κ2) is 9.53. The molecule has 0 unspecified atom stereocenters. The van der Waals surface area contributed by atoms with Crippen molar-refractivity contribution >= 4 is 22.8 Å². The van der Waals surface area contributed by atoms with E-state index in [2.05, 4.69) is 15.0 Å². The third-order valence-corrected chi connectivity index (χ3v) is 3.60. The summed E-state index contributed by atoms with van der Waals surface area (Å²) in [5, 5.41) is 4.22. The van der Waals surface area contributed by atoms with Crippen molar-refractivity contribution in [2.45, 2.75) is 25.7 Å². The van der Waals surface area contributed by atoms with Gasteiger partial charge in [-0.15, -0.1) is 0 Å². The number of nitrogens with zero attached hydrogens (tertiary/aromatic N) is 3. The Bertz CT molecular complexity index is 456. The minimum Gasteiger partial charge on any atom is -0.395 e. The van der Waals surface area contributed by atoms with Crippen LogP contribution in [0.3, 0.4) is 0 Å². The molecule has 0 bridgehead atoms. The van der Waals surface area contributed by atoms with E-state index >= 15 is 0 Å². The van der Waals surface area contributed by atoms with Crippen molar-refractivity contribution in [1.82, 2.24) is 9.88 Å². The van der Waals surface area contributed by atoms with E-state index in [1.54, 1.807) is 18.5 Å². The third-order valence-electron chi connectivity index (χ3n) is 3.41. The maximum Gasteiger partial charge on any atom is 0.168 e. The van der Waals surface area contributed by atoms with Gasteiger partial charge in [0.2, 0.25) is 0 Å². The number of allylic oxidation sites excluding steroid dienone is 1. The van der Waals surface area contributed by atoms with E-state index in [-0.39, 0.29) is 0 Å². The summed E-state index contributed by atoms with van der Waals surface area (Å²) in [5.41, 5.74) is 0.982. The van der Waals surface area contributed by atoms with Crippen LogP contribution < -0.4 is 0 Å². The standard InChI is InChI=1S/C16H22ClN3O/c17-16(8-7-15-6-4-9-18-14-15)19-21-13-5-12-20-10-2-1-3-11-20/h4,6-9,14H,1-3,5,10-13H2. The number of rotatable bonds is 7. The molecule has 1 aliphatic heterocycles. The Morgan fingerprint density at radius 2 is 2.24 bits per heavy atom. The zero-order valence-corrected chi connectivity index (χ0v) is 13.0.